The largest absolute Gasteiger partial charge is 0.476 e. The number of fused-ring (bicyclic) bond motifs is 1. The fraction of sp³-hybridized carbons (Fsp3) is 0.364. The highest BCUT2D eigenvalue weighted by molar-refractivity contribution is 5.97. The van der Waals surface area contributed by atoms with Gasteiger partial charge < -0.3 is 9.52 Å². The van der Waals surface area contributed by atoms with E-state index in [1.54, 1.807) is 13.0 Å². The number of rotatable bonds is 2. The number of aryl methyl sites for hydroxylation is 1. The molecule has 5 heteroatoms. The molecule has 2 rings (SSSR count). The van der Waals surface area contributed by atoms with Crippen molar-refractivity contribution in [3.63, 3.8) is 0 Å². The molecule has 0 bridgehead atoms. The van der Waals surface area contributed by atoms with Gasteiger partial charge in [0.05, 0.1) is 0 Å². The highest BCUT2D eigenvalue weighted by Crippen LogP contribution is 2.23. The molecule has 0 spiro atoms. The SMILES string of the molecule is Cc1cc2nc(C(C)C)oc2c(C(=O)O)n1. The molecule has 0 saturated heterocycles. The van der Waals surface area contributed by atoms with E-state index >= 15 is 0 Å². The second-order valence-electron chi connectivity index (χ2n) is 3.97. The van der Waals surface area contributed by atoms with E-state index in [-0.39, 0.29) is 17.2 Å². The molecule has 2 aromatic rings. The van der Waals surface area contributed by atoms with Crippen LogP contribution in [0.2, 0.25) is 0 Å². The Morgan fingerprint density at radius 1 is 1.44 bits per heavy atom. The van der Waals surface area contributed by atoms with Crippen molar-refractivity contribution in [2.45, 2.75) is 26.7 Å². The van der Waals surface area contributed by atoms with Crippen LogP contribution in [0.25, 0.3) is 11.1 Å². The van der Waals surface area contributed by atoms with Crippen LogP contribution in [0.15, 0.2) is 10.5 Å². The second kappa shape index (κ2) is 3.59. The molecule has 0 aliphatic heterocycles. The molecule has 2 heterocycles. The van der Waals surface area contributed by atoms with Crippen molar-refractivity contribution in [3.8, 4) is 0 Å². The molecule has 0 amide bonds. The van der Waals surface area contributed by atoms with Crippen molar-refractivity contribution in [3.05, 3.63) is 23.3 Å². The van der Waals surface area contributed by atoms with Crippen LogP contribution >= 0.6 is 0 Å². The van der Waals surface area contributed by atoms with Crippen LogP contribution in [-0.2, 0) is 0 Å². The second-order valence-corrected chi connectivity index (χ2v) is 3.97. The highest BCUT2D eigenvalue weighted by Gasteiger charge is 2.18. The van der Waals surface area contributed by atoms with E-state index in [0.29, 0.717) is 17.1 Å². The summed E-state index contributed by atoms with van der Waals surface area (Å²) < 4.78 is 5.42. The minimum atomic E-state index is -1.10. The molecule has 0 unspecified atom stereocenters. The lowest BCUT2D eigenvalue weighted by Crippen LogP contribution is -2.01. The van der Waals surface area contributed by atoms with Crippen LogP contribution in [0.4, 0.5) is 0 Å². The molecule has 0 saturated carbocycles. The number of hydrogen-bond donors (Lipinski definition) is 1. The van der Waals surface area contributed by atoms with Gasteiger partial charge in [-0.3, -0.25) is 0 Å². The van der Waals surface area contributed by atoms with Gasteiger partial charge in [-0.25, -0.2) is 14.8 Å². The number of oxazole rings is 1. The van der Waals surface area contributed by atoms with Gasteiger partial charge in [-0.15, -0.1) is 0 Å². The number of aromatic nitrogens is 2. The molecule has 2 aromatic heterocycles. The Morgan fingerprint density at radius 3 is 2.69 bits per heavy atom. The Balaban J connectivity index is 2.75. The lowest BCUT2D eigenvalue weighted by Gasteiger charge is -1.96. The minimum absolute atomic E-state index is 0.0746. The van der Waals surface area contributed by atoms with Gasteiger partial charge in [0.2, 0.25) is 0 Å². The summed E-state index contributed by atoms with van der Waals surface area (Å²) >= 11 is 0. The number of carboxylic acid groups (broad SMARTS) is 1. The third-order valence-corrected chi connectivity index (χ3v) is 2.22. The Labute approximate surface area is 92.1 Å². The van der Waals surface area contributed by atoms with Crippen molar-refractivity contribution in [2.75, 3.05) is 0 Å². The standard InChI is InChI=1S/C11H12N2O3/c1-5(2)10-13-7-4-6(3)12-8(11(14)15)9(7)16-10/h4-5H,1-3H3,(H,14,15). The maximum Gasteiger partial charge on any atom is 0.358 e. The monoisotopic (exact) mass is 220 g/mol. The molecule has 0 atom stereocenters. The average Bonchev–Trinajstić information content (AvgIpc) is 2.59. The zero-order chi connectivity index (χ0) is 11.9. The molecular formula is C11H12N2O3. The fourth-order valence-corrected chi connectivity index (χ4v) is 1.47. The van der Waals surface area contributed by atoms with E-state index in [0.717, 1.165) is 0 Å². The summed E-state index contributed by atoms with van der Waals surface area (Å²) in [5, 5.41) is 9.00. The number of carboxylic acids is 1. The summed E-state index contributed by atoms with van der Waals surface area (Å²) in [4.78, 5) is 19.2. The molecule has 0 fully saturated rings. The molecule has 5 nitrogen and oxygen atoms in total. The number of hydrogen-bond acceptors (Lipinski definition) is 4. The molecular weight excluding hydrogens is 208 g/mol. The van der Waals surface area contributed by atoms with Gasteiger partial charge in [-0.2, -0.15) is 0 Å². The highest BCUT2D eigenvalue weighted by atomic mass is 16.4. The molecule has 0 aliphatic rings. The number of nitrogens with zero attached hydrogens (tertiary/aromatic N) is 2. The van der Waals surface area contributed by atoms with Crippen molar-refractivity contribution < 1.29 is 14.3 Å². The summed E-state index contributed by atoms with van der Waals surface area (Å²) in [6.07, 6.45) is 0. The maximum absolute atomic E-state index is 11.0. The van der Waals surface area contributed by atoms with Gasteiger partial charge >= 0.3 is 5.97 Å². The molecule has 84 valence electrons. The summed E-state index contributed by atoms with van der Waals surface area (Å²) in [5.74, 6) is -0.445. The van der Waals surface area contributed by atoms with Crippen LogP contribution in [0.1, 0.15) is 41.8 Å². The number of aromatic carboxylic acids is 1. The lowest BCUT2D eigenvalue weighted by atomic mass is 10.2. The third kappa shape index (κ3) is 1.64. The van der Waals surface area contributed by atoms with Gasteiger partial charge in [0.1, 0.15) is 5.52 Å². The number of carbonyl (C=O) groups is 1. The fourth-order valence-electron chi connectivity index (χ4n) is 1.47. The normalized spacial score (nSPS) is 11.2. The van der Waals surface area contributed by atoms with Crippen molar-refractivity contribution in [2.24, 2.45) is 0 Å². The number of pyridine rings is 1. The summed E-state index contributed by atoms with van der Waals surface area (Å²) in [7, 11) is 0. The zero-order valence-electron chi connectivity index (χ0n) is 9.31. The van der Waals surface area contributed by atoms with Gasteiger partial charge in [-0.05, 0) is 13.0 Å². The molecule has 1 N–H and O–H groups in total. The van der Waals surface area contributed by atoms with E-state index < -0.39 is 5.97 Å². The average molecular weight is 220 g/mol. The first-order chi connectivity index (χ1) is 7.49. The first kappa shape index (κ1) is 10.6. The summed E-state index contributed by atoms with van der Waals surface area (Å²) in [5.41, 5.74) is 1.35. The Kier molecular flexibility index (Phi) is 2.38. The quantitative estimate of drug-likeness (QED) is 0.840. The van der Waals surface area contributed by atoms with E-state index in [1.165, 1.54) is 0 Å². The maximum atomic E-state index is 11.0. The first-order valence-electron chi connectivity index (χ1n) is 5.00. The lowest BCUT2D eigenvalue weighted by molar-refractivity contribution is 0.0691. The molecule has 0 aromatic carbocycles. The molecule has 16 heavy (non-hydrogen) atoms. The molecule has 0 radical (unpaired) electrons. The summed E-state index contributed by atoms with van der Waals surface area (Å²) in [6.45, 7) is 5.60. The predicted octanol–water partition coefficient (Wildman–Crippen LogP) is 2.35. The first-order valence-corrected chi connectivity index (χ1v) is 5.00. The van der Waals surface area contributed by atoms with Gasteiger partial charge in [-0.1, -0.05) is 13.8 Å². The van der Waals surface area contributed by atoms with Gasteiger partial charge in [0, 0.05) is 11.6 Å². The van der Waals surface area contributed by atoms with Crippen molar-refractivity contribution in [1.29, 1.82) is 0 Å². The summed E-state index contributed by atoms with van der Waals surface area (Å²) in [6, 6.07) is 1.72. The van der Waals surface area contributed by atoms with E-state index in [9.17, 15) is 4.79 Å². The van der Waals surface area contributed by atoms with Crippen LogP contribution in [0.5, 0.6) is 0 Å². The van der Waals surface area contributed by atoms with E-state index in [1.807, 2.05) is 13.8 Å². The van der Waals surface area contributed by atoms with Crippen LogP contribution in [0.3, 0.4) is 0 Å². The van der Waals surface area contributed by atoms with E-state index in [4.69, 9.17) is 9.52 Å². The van der Waals surface area contributed by atoms with Crippen molar-refractivity contribution >= 4 is 17.1 Å². The van der Waals surface area contributed by atoms with Crippen LogP contribution in [-0.4, -0.2) is 21.0 Å². The van der Waals surface area contributed by atoms with Crippen LogP contribution < -0.4 is 0 Å². The Morgan fingerprint density at radius 2 is 2.12 bits per heavy atom. The predicted molar refractivity (Wildman–Crippen MR) is 57.6 cm³/mol. The smallest absolute Gasteiger partial charge is 0.358 e. The Bertz CT molecular complexity index is 558. The van der Waals surface area contributed by atoms with E-state index in [2.05, 4.69) is 9.97 Å². The van der Waals surface area contributed by atoms with Gasteiger partial charge in [0.15, 0.2) is 17.2 Å². The van der Waals surface area contributed by atoms with Gasteiger partial charge in [0.25, 0.3) is 0 Å². The molecule has 0 aliphatic carbocycles. The zero-order valence-corrected chi connectivity index (χ0v) is 9.31. The minimum Gasteiger partial charge on any atom is -0.476 e. The third-order valence-electron chi connectivity index (χ3n) is 2.22. The topological polar surface area (TPSA) is 76.2 Å². The Hall–Kier alpha value is -1.91. The van der Waals surface area contributed by atoms with Crippen LogP contribution in [0, 0.1) is 6.92 Å². The van der Waals surface area contributed by atoms with Crippen molar-refractivity contribution in [1.82, 2.24) is 9.97 Å².